The van der Waals surface area contributed by atoms with Gasteiger partial charge in [0.05, 0.1) is 21.3 Å². The van der Waals surface area contributed by atoms with Crippen LogP contribution in [-0.4, -0.2) is 21.3 Å². The van der Waals surface area contributed by atoms with Crippen LogP contribution < -0.4 is 14.2 Å². The summed E-state index contributed by atoms with van der Waals surface area (Å²) in [5.41, 5.74) is 3.28. The van der Waals surface area contributed by atoms with Crippen LogP contribution in [0.15, 0.2) is 36.4 Å². The first-order valence-electron chi connectivity index (χ1n) is 6.07. The lowest BCUT2D eigenvalue weighted by Gasteiger charge is -2.14. The van der Waals surface area contributed by atoms with E-state index in [1.165, 1.54) is 0 Å². The average Bonchev–Trinajstić information content (AvgIpc) is 2.46. The second kappa shape index (κ2) is 5.65. The number of benzene rings is 2. The SMILES string of the molecule is COc1ccc(-c2c(C)cccc2OC)cc1OC. The molecule has 2 aromatic carbocycles. The Hall–Kier alpha value is -2.16. The first-order valence-corrected chi connectivity index (χ1v) is 6.07. The summed E-state index contributed by atoms with van der Waals surface area (Å²) in [4.78, 5) is 0. The molecular weight excluding hydrogens is 240 g/mol. The molecule has 0 saturated carbocycles. The van der Waals surface area contributed by atoms with E-state index in [0.717, 1.165) is 28.2 Å². The van der Waals surface area contributed by atoms with Crippen molar-refractivity contribution in [2.45, 2.75) is 6.92 Å². The maximum atomic E-state index is 5.44. The Kier molecular flexibility index (Phi) is 3.95. The molecule has 3 heteroatoms. The van der Waals surface area contributed by atoms with Crippen molar-refractivity contribution in [2.24, 2.45) is 0 Å². The molecule has 0 aliphatic carbocycles. The number of hydrogen-bond donors (Lipinski definition) is 0. The molecule has 0 aliphatic heterocycles. The van der Waals surface area contributed by atoms with E-state index in [1.54, 1.807) is 21.3 Å². The van der Waals surface area contributed by atoms with Gasteiger partial charge in [-0.3, -0.25) is 0 Å². The summed E-state index contributed by atoms with van der Waals surface area (Å²) in [5.74, 6) is 2.29. The van der Waals surface area contributed by atoms with Gasteiger partial charge in [-0.25, -0.2) is 0 Å². The summed E-state index contributed by atoms with van der Waals surface area (Å²) in [6.07, 6.45) is 0. The fourth-order valence-corrected chi connectivity index (χ4v) is 2.17. The van der Waals surface area contributed by atoms with E-state index in [1.807, 2.05) is 30.3 Å². The lowest BCUT2D eigenvalue weighted by atomic mass is 9.99. The van der Waals surface area contributed by atoms with Gasteiger partial charge in [0, 0.05) is 5.56 Å². The Balaban J connectivity index is 2.59. The Bertz CT molecular complexity index is 576. The van der Waals surface area contributed by atoms with Gasteiger partial charge in [0.15, 0.2) is 11.5 Å². The molecule has 0 radical (unpaired) electrons. The van der Waals surface area contributed by atoms with E-state index in [9.17, 15) is 0 Å². The number of ether oxygens (including phenoxy) is 3. The monoisotopic (exact) mass is 258 g/mol. The minimum absolute atomic E-state index is 0.713. The van der Waals surface area contributed by atoms with E-state index in [-0.39, 0.29) is 0 Å². The van der Waals surface area contributed by atoms with E-state index < -0.39 is 0 Å². The van der Waals surface area contributed by atoms with Crippen LogP contribution in [0.4, 0.5) is 0 Å². The molecule has 3 nitrogen and oxygen atoms in total. The largest absolute Gasteiger partial charge is 0.496 e. The highest BCUT2D eigenvalue weighted by molar-refractivity contribution is 5.75. The zero-order chi connectivity index (χ0) is 13.8. The van der Waals surface area contributed by atoms with Gasteiger partial charge < -0.3 is 14.2 Å². The van der Waals surface area contributed by atoms with Crippen molar-refractivity contribution < 1.29 is 14.2 Å². The first kappa shape index (κ1) is 13.3. The molecule has 0 aromatic heterocycles. The van der Waals surface area contributed by atoms with Crippen LogP contribution >= 0.6 is 0 Å². The van der Waals surface area contributed by atoms with Crippen LogP contribution in [0.2, 0.25) is 0 Å². The van der Waals surface area contributed by atoms with Crippen LogP contribution in [0.3, 0.4) is 0 Å². The third kappa shape index (κ3) is 2.50. The fourth-order valence-electron chi connectivity index (χ4n) is 2.17. The van der Waals surface area contributed by atoms with E-state index in [2.05, 4.69) is 13.0 Å². The summed E-state index contributed by atoms with van der Waals surface area (Å²) in [6, 6.07) is 11.9. The van der Waals surface area contributed by atoms with Crippen molar-refractivity contribution in [1.29, 1.82) is 0 Å². The summed E-state index contributed by atoms with van der Waals surface area (Å²) in [7, 11) is 4.95. The van der Waals surface area contributed by atoms with Gasteiger partial charge in [-0.05, 0) is 36.2 Å². The highest BCUT2D eigenvalue weighted by atomic mass is 16.5. The smallest absolute Gasteiger partial charge is 0.161 e. The minimum atomic E-state index is 0.713. The van der Waals surface area contributed by atoms with Gasteiger partial charge in [-0.2, -0.15) is 0 Å². The fraction of sp³-hybridized carbons (Fsp3) is 0.250. The molecule has 2 rings (SSSR count). The molecule has 100 valence electrons. The van der Waals surface area contributed by atoms with Crippen molar-refractivity contribution in [2.75, 3.05) is 21.3 Å². The molecule has 0 spiro atoms. The van der Waals surface area contributed by atoms with Gasteiger partial charge in [-0.15, -0.1) is 0 Å². The second-order valence-electron chi connectivity index (χ2n) is 4.22. The van der Waals surface area contributed by atoms with Crippen molar-refractivity contribution in [3.05, 3.63) is 42.0 Å². The minimum Gasteiger partial charge on any atom is -0.496 e. The standard InChI is InChI=1S/C16H18O3/c1-11-6-5-7-14(18-3)16(11)12-8-9-13(17-2)15(10-12)19-4/h5-10H,1-4H3. The Morgan fingerprint density at radius 3 is 2.05 bits per heavy atom. The molecule has 0 aliphatic rings. The predicted octanol–water partition coefficient (Wildman–Crippen LogP) is 3.69. The Morgan fingerprint density at radius 1 is 0.737 bits per heavy atom. The Labute approximate surface area is 113 Å². The normalized spacial score (nSPS) is 10.1. The zero-order valence-corrected chi connectivity index (χ0v) is 11.7. The maximum absolute atomic E-state index is 5.44. The highest BCUT2D eigenvalue weighted by Gasteiger charge is 2.12. The number of rotatable bonds is 4. The van der Waals surface area contributed by atoms with Crippen LogP contribution in [0.5, 0.6) is 17.2 Å². The van der Waals surface area contributed by atoms with E-state index in [4.69, 9.17) is 14.2 Å². The zero-order valence-electron chi connectivity index (χ0n) is 11.7. The average molecular weight is 258 g/mol. The summed E-state index contributed by atoms with van der Waals surface area (Å²) in [6.45, 7) is 2.06. The molecule has 0 heterocycles. The van der Waals surface area contributed by atoms with Crippen molar-refractivity contribution in [1.82, 2.24) is 0 Å². The van der Waals surface area contributed by atoms with Crippen LogP contribution in [0, 0.1) is 6.92 Å². The van der Waals surface area contributed by atoms with Gasteiger partial charge in [0.1, 0.15) is 5.75 Å². The van der Waals surface area contributed by atoms with Gasteiger partial charge in [0.25, 0.3) is 0 Å². The van der Waals surface area contributed by atoms with Gasteiger partial charge in [-0.1, -0.05) is 18.2 Å². The number of methoxy groups -OCH3 is 3. The third-order valence-electron chi connectivity index (χ3n) is 3.13. The second-order valence-corrected chi connectivity index (χ2v) is 4.22. The Morgan fingerprint density at radius 2 is 1.42 bits per heavy atom. The topological polar surface area (TPSA) is 27.7 Å². The predicted molar refractivity (Wildman–Crippen MR) is 76.3 cm³/mol. The quantitative estimate of drug-likeness (QED) is 0.837. The molecule has 0 bridgehead atoms. The molecule has 0 amide bonds. The third-order valence-corrected chi connectivity index (χ3v) is 3.13. The van der Waals surface area contributed by atoms with Crippen molar-refractivity contribution in [3.63, 3.8) is 0 Å². The van der Waals surface area contributed by atoms with E-state index in [0.29, 0.717) is 5.75 Å². The molecular formula is C16H18O3. The molecule has 0 unspecified atom stereocenters. The molecule has 0 fully saturated rings. The highest BCUT2D eigenvalue weighted by Crippen LogP contribution is 2.37. The van der Waals surface area contributed by atoms with Gasteiger partial charge >= 0.3 is 0 Å². The first-order chi connectivity index (χ1) is 9.21. The lowest BCUT2D eigenvalue weighted by Crippen LogP contribution is -1.94. The maximum Gasteiger partial charge on any atom is 0.161 e. The summed E-state index contributed by atoms with van der Waals surface area (Å²) < 4.78 is 16.0. The van der Waals surface area contributed by atoms with Crippen LogP contribution in [0.1, 0.15) is 5.56 Å². The molecule has 0 saturated heterocycles. The molecule has 0 atom stereocenters. The lowest BCUT2D eigenvalue weighted by molar-refractivity contribution is 0.355. The summed E-state index contributed by atoms with van der Waals surface area (Å²) in [5, 5.41) is 0. The number of hydrogen-bond acceptors (Lipinski definition) is 3. The van der Waals surface area contributed by atoms with Crippen LogP contribution in [-0.2, 0) is 0 Å². The van der Waals surface area contributed by atoms with Crippen molar-refractivity contribution in [3.8, 4) is 28.4 Å². The van der Waals surface area contributed by atoms with Crippen LogP contribution in [0.25, 0.3) is 11.1 Å². The van der Waals surface area contributed by atoms with Gasteiger partial charge in [0.2, 0.25) is 0 Å². The summed E-state index contributed by atoms with van der Waals surface area (Å²) >= 11 is 0. The van der Waals surface area contributed by atoms with Crippen molar-refractivity contribution >= 4 is 0 Å². The van der Waals surface area contributed by atoms with E-state index >= 15 is 0 Å². The number of aryl methyl sites for hydroxylation is 1. The molecule has 2 aromatic rings. The molecule has 0 N–H and O–H groups in total. The molecule has 19 heavy (non-hydrogen) atoms.